The normalized spacial score (nSPS) is 18.7. The van der Waals surface area contributed by atoms with E-state index < -0.39 is 213 Å². The van der Waals surface area contributed by atoms with Gasteiger partial charge in [0.25, 0.3) is 0 Å². The standard InChI is InChI=1S/C34H21F51N/c1-5-8(11(35,36)14(41,42)17(47,48)20(53,54)23(59,60)26(65,66)29(71,72)32(77,78)79)86(4,9(6-2)12(37,38)15(43,44)18(49,50)21(55,56)24(61,62)27(67,68)30(73,74)33(80,81)82)10(7-3)13(39,40)16(45,46)19(51,52)22(57,58)25(63,64)28(69,70)31(75,76)34(83,84)85/h8-10H,5-7H2,1-4H3/q+1. The van der Waals surface area contributed by atoms with E-state index in [1.807, 2.05) is 0 Å². The van der Waals surface area contributed by atoms with E-state index in [9.17, 15) is 145 Å². The van der Waals surface area contributed by atoms with Crippen molar-refractivity contribution in [2.45, 2.75) is 201 Å². The van der Waals surface area contributed by atoms with E-state index in [4.69, 9.17) is 0 Å². The van der Waals surface area contributed by atoms with Gasteiger partial charge in [-0.3, -0.25) is 0 Å². The molecular weight excluding hydrogens is 1390 g/mol. The van der Waals surface area contributed by atoms with Gasteiger partial charge in [0.15, 0.2) is 18.1 Å². The minimum atomic E-state index is -10.2. The quantitative estimate of drug-likeness (QED) is 0.0568. The lowest BCUT2D eigenvalue weighted by atomic mass is 9.79. The van der Waals surface area contributed by atoms with Crippen molar-refractivity contribution in [1.29, 1.82) is 0 Å². The van der Waals surface area contributed by atoms with Crippen molar-refractivity contribution in [3.63, 3.8) is 0 Å². The molecule has 0 aliphatic carbocycles. The summed E-state index contributed by atoms with van der Waals surface area (Å²) in [6.45, 7) is -3.63. The van der Waals surface area contributed by atoms with Gasteiger partial charge in [-0.05, 0) is 0 Å². The van der Waals surface area contributed by atoms with Crippen molar-refractivity contribution < 1.29 is 228 Å². The average Bonchev–Trinajstić information content (AvgIpc) is 3.26. The van der Waals surface area contributed by atoms with Crippen molar-refractivity contribution in [2.75, 3.05) is 7.05 Å². The molecule has 0 aliphatic rings. The second-order valence-corrected chi connectivity index (χ2v) is 17.7. The Kier molecular flexibility index (Phi) is 20.1. The third kappa shape index (κ3) is 9.80. The van der Waals surface area contributed by atoms with Crippen molar-refractivity contribution in [3.8, 4) is 0 Å². The maximum Gasteiger partial charge on any atom is 0.460 e. The van der Waals surface area contributed by atoms with Crippen LogP contribution in [0.1, 0.15) is 40.0 Å². The molecule has 3 atom stereocenters. The van der Waals surface area contributed by atoms with Crippen LogP contribution in [0.4, 0.5) is 224 Å². The minimum Gasteiger partial charge on any atom is -0.303 e. The molecule has 0 radical (unpaired) electrons. The molecule has 518 valence electrons. The molecule has 1 nitrogen and oxygen atoms in total. The third-order valence-corrected chi connectivity index (χ3v) is 12.7. The molecule has 0 saturated carbocycles. The highest BCUT2D eigenvalue weighted by molar-refractivity contribution is 5.20. The van der Waals surface area contributed by atoms with Crippen LogP contribution in [-0.4, -0.2) is 173 Å². The lowest BCUT2D eigenvalue weighted by Gasteiger charge is -2.58. The second kappa shape index (κ2) is 21.0. The fourth-order valence-corrected chi connectivity index (χ4v) is 7.80. The summed E-state index contributed by atoms with van der Waals surface area (Å²) < 4.78 is 725. The average molecular weight is 1410 g/mol. The van der Waals surface area contributed by atoms with Gasteiger partial charge in [0, 0.05) is 19.3 Å². The second-order valence-electron chi connectivity index (χ2n) is 17.7. The molecule has 0 bridgehead atoms. The summed E-state index contributed by atoms with van der Waals surface area (Å²) in [6.07, 6.45) is -37.8. The Bertz CT molecular complexity index is 2100. The Labute approximate surface area is 437 Å². The highest BCUT2D eigenvalue weighted by Crippen LogP contribution is 2.70. The van der Waals surface area contributed by atoms with Gasteiger partial charge in [-0.25, -0.2) is 0 Å². The number of rotatable bonds is 27. The number of alkyl halides is 51. The first-order chi connectivity index (χ1) is 36.3. The fraction of sp³-hybridized carbons (Fsp3) is 1.00. The third-order valence-electron chi connectivity index (χ3n) is 12.7. The van der Waals surface area contributed by atoms with Gasteiger partial charge >= 0.3 is 143 Å². The van der Waals surface area contributed by atoms with E-state index in [1.165, 1.54) is 0 Å². The van der Waals surface area contributed by atoms with E-state index in [2.05, 4.69) is 0 Å². The summed E-state index contributed by atoms with van der Waals surface area (Å²) in [5.41, 5.74) is 0. The fourth-order valence-electron chi connectivity index (χ4n) is 7.80. The predicted molar refractivity (Wildman–Crippen MR) is 170 cm³/mol. The molecule has 0 aliphatic heterocycles. The zero-order valence-corrected chi connectivity index (χ0v) is 39.6. The first kappa shape index (κ1) is 82.4. The number of quaternary nitrogens is 1. The summed E-state index contributed by atoms with van der Waals surface area (Å²) in [4.78, 5) is 0. The van der Waals surface area contributed by atoms with Crippen molar-refractivity contribution in [1.82, 2.24) is 0 Å². The molecule has 0 fully saturated rings. The Balaban J connectivity index is 10.0. The van der Waals surface area contributed by atoms with Gasteiger partial charge in [0.2, 0.25) is 0 Å². The molecule has 3 unspecified atom stereocenters. The topological polar surface area (TPSA) is 0 Å². The van der Waals surface area contributed by atoms with Crippen molar-refractivity contribution in [2.24, 2.45) is 0 Å². The molecule has 0 heterocycles. The molecule has 0 saturated heterocycles. The number of hydrogen-bond donors (Lipinski definition) is 0. The molecule has 86 heavy (non-hydrogen) atoms. The highest BCUT2D eigenvalue weighted by Gasteiger charge is 3.01. The molecule has 0 rings (SSSR count). The SMILES string of the molecule is CCC(C(F)(F)C(F)(F)C(F)(F)C(F)(F)C(F)(F)C(F)(F)C(F)(F)C(F)(F)F)[N+](C)(C(CC)C(F)(F)C(F)(F)C(F)(F)C(F)(F)C(F)(F)C(F)(F)C(F)(F)C(F)(F)F)C(CC)C(F)(F)C(F)(F)C(F)(F)C(F)(F)C(F)(F)C(F)(F)C(F)(F)C(F)(F)F. The zero-order chi connectivity index (χ0) is 71.4. The molecule has 52 heteroatoms. The zero-order valence-electron chi connectivity index (χ0n) is 39.6. The Morgan fingerprint density at radius 1 is 0.174 bits per heavy atom. The molecule has 0 aromatic heterocycles. The lowest BCUT2D eigenvalue weighted by molar-refractivity contribution is -1.00. The first-order valence-corrected chi connectivity index (χ1v) is 20.3. The summed E-state index contributed by atoms with van der Waals surface area (Å²) in [7, 11) is -2.33. The van der Waals surface area contributed by atoms with Crippen molar-refractivity contribution >= 4 is 0 Å². The van der Waals surface area contributed by atoms with Crippen LogP contribution in [0.2, 0.25) is 0 Å². The van der Waals surface area contributed by atoms with E-state index in [-0.39, 0.29) is 0 Å². The van der Waals surface area contributed by atoms with Crippen LogP contribution in [0.5, 0.6) is 0 Å². The highest BCUT2D eigenvalue weighted by atomic mass is 19.5. The summed E-state index contributed by atoms with van der Waals surface area (Å²) in [6, 6.07) is -20.5. The monoisotopic (exact) mass is 1410 g/mol. The van der Waals surface area contributed by atoms with Crippen LogP contribution in [0.25, 0.3) is 0 Å². The molecule has 0 spiro atoms. The molecule has 0 amide bonds. The first-order valence-electron chi connectivity index (χ1n) is 20.3. The maximum atomic E-state index is 16.3. The largest absolute Gasteiger partial charge is 0.460 e. The van der Waals surface area contributed by atoms with Crippen LogP contribution in [0.15, 0.2) is 0 Å². The molecule has 0 aromatic rings. The molecular formula is C34H21F51N+. The van der Waals surface area contributed by atoms with Gasteiger partial charge in [0.1, 0.15) is 0 Å². The van der Waals surface area contributed by atoms with E-state index in [0.717, 1.165) is 0 Å². The van der Waals surface area contributed by atoms with Gasteiger partial charge < -0.3 is 4.48 Å². The molecule has 0 aromatic carbocycles. The Hall–Kier alpha value is -3.61. The van der Waals surface area contributed by atoms with E-state index in [1.54, 1.807) is 0 Å². The number of nitrogens with zero attached hydrogens (tertiary/aromatic N) is 1. The Morgan fingerprint density at radius 3 is 0.360 bits per heavy atom. The van der Waals surface area contributed by atoms with Gasteiger partial charge in [-0.1, -0.05) is 20.8 Å². The number of halogens is 51. The van der Waals surface area contributed by atoms with Crippen LogP contribution < -0.4 is 0 Å². The van der Waals surface area contributed by atoms with Gasteiger partial charge in [0.05, 0.1) is 7.05 Å². The summed E-state index contributed by atoms with van der Waals surface area (Å²) >= 11 is 0. The molecule has 0 N–H and O–H groups in total. The van der Waals surface area contributed by atoms with Crippen LogP contribution >= 0.6 is 0 Å². The number of hydrogen-bond acceptors (Lipinski definition) is 0. The summed E-state index contributed by atoms with van der Waals surface area (Å²) in [5.74, 6) is -205. The van der Waals surface area contributed by atoms with Gasteiger partial charge in [-0.2, -0.15) is 224 Å². The van der Waals surface area contributed by atoms with Crippen LogP contribution in [-0.2, 0) is 0 Å². The predicted octanol–water partition coefficient (Wildman–Crippen LogP) is 18.8. The summed E-state index contributed by atoms with van der Waals surface area (Å²) in [5, 5.41) is 0. The van der Waals surface area contributed by atoms with Crippen LogP contribution in [0.3, 0.4) is 0 Å². The van der Waals surface area contributed by atoms with Gasteiger partial charge in [-0.15, -0.1) is 0 Å². The van der Waals surface area contributed by atoms with Crippen LogP contribution in [0, 0.1) is 0 Å². The lowest BCUT2D eigenvalue weighted by Crippen LogP contribution is -2.84. The Morgan fingerprint density at radius 2 is 0.267 bits per heavy atom. The van der Waals surface area contributed by atoms with E-state index >= 15 is 79.0 Å². The maximum absolute atomic E-state index is 16.3. The smallest absolute Gasteiger partial charge is 0.303 e. The van der Waals surface area contributed by atoms with Crippen molar-refractivity contribution in [3.05, 3.63) is 0 Å². The minimum absolute atomic E-state index is 1.21. The van der Waals surface area contributed by atoms with E-state index in [0.29, 0.717) is 0 Å².